The maximum Gasteiger partial charge on any atom is 0.172 e. The van der Waals surface area contributed by atoms with Gasteiger partial charge in [0.1, 0.15) is 0 Å². The maximum absolute atomic E-state index is 10.0. The van der Waals surface area contributed by atoms with Gasteiger partial charge in [-0.25, -0.2) is 9.97 Å². The van der Waals surface area contributed by atoms with Crippen molar-refractivity contribution in [2.45, 2.75) is 31.0 Å². The van der Waals surface area contributed by atoms with E-state index in [1.165, 1.54) is 0 Å². The lowest BCUT2D eigenvalue weighted by Crippen LogP contribution is -2.54. The zero-order valence-corrected chi connectivity index (χ0v) is 19.8. The summed E-state index contributed by atoms with van der Waals surface area (Å²) in [4.78, 5) is 9.69. The second-order valence-corrected chi connectivity index (χ2v) is 9.71. The van der Waals surface area contributed by atoms with Gasteiger partial charge in [0.15, 0.2) is 17.1 Å². The van der Waals surface area contributed by atoms with Crippen molar-refractivity contribution in [3.8, 4) is 28.5 Å². The van der Waals surface area contributed by atoms with E-state index in [1.807, 2.05) is 49.5 Å². The highest BCUT2D eigenvalue weighted by Gasteiger charge is 2.59. The van der Waals surface area contributed by atoms with Crippen molar-refractivity contribution in [3.63, 3.8) is 0 Å². The van der Waals surface area contributed by atoms with Gasteiger partial charge < -0.3 is 9.47 Å². The Hall–Kier alpha value is -4.12. The predicted octanol–water partition coefficient (Wildman–Crippen LogP) is 5.22. The zero-order valence-electron chi connectivity index (χ0n) is 19.8. The first kappa shape index (κ1) is 21.2. The predicted molar refractivity (Wildman–Crippen MR) is 135 cm³/mol. The lowest BCUT2D eigenvalue weighted by molar-refractivity contribution is -0.229. The third-order valence-corrected chi connectivity index (χ3v) is 7.35. The lowest BCUT2D eigenvalue weighted by atomic mass is 9.61. The van der Waals surface area contributed by atoms with Crippen LogP contribution in [0.4, 0.5) is 0 Å². The minimum Gasteiger partial charge on any atom is -0.347 e. The Morgan fingerprint density at radius 3 is 2.42 bits per heavy atom. The molecule has 3 aromatic heterocycles. The first-order chi connectivity index (χ1) is 17.6. The van der Waals surface area contributed by atoms with Gasteiger partial charge in [-0.3, -0.25) is 0 Å². The van der Waals surface area contributed by atoms with E-state index in [1.54, 1.807) is 4.52 Å². The second kappa shape index (κ2) is 7.69. The van der Waals surface area contributed by atoms with Crippen LogP contribution in [0.1, 0.15) is 24.1 Å². The van der Waals surface area contributed by atoms with Gasteiger partial charge in [0, 0.05) is 41.6 Å². The Morgan fingerprint density at radius 2 is 1.69 bits per heavy atom. The fourth-order valence-corrected chi connectivity index (χ4v) is 5.57. The van der Waals surface area contributed by atoms with Crippen LogP contribution in [-0.4, -0.2) is 38.6 Å². The van der Waals surface area contributed by atoms with E-state index in [-0.39, 0.29) is 0 Å². The van der Waals surface area contributed by atoms with Crippen molar-refractivity contribution in [1.82, 2.24) is 19.6 Å². The summed E-state index contributed by atoms with van der Waals surface area (Å²) in [6.45, 7) is 3.14. The number of hydrogen-bond acceptors (Lipinski definition) is 6. The molecule has 1 saturated carbocycles. The minimum absolute atomic E-state index is 0.559. The molecule has 0 bridgehead atoms. The summed E-state index contributed by atoms with van der Waals surface area (Å²) in [5.74, 6) is -0.587. The van der Waals surface area contributed by atoms with Gasteiger partial charge in [0.05, 0.1) is 36.1 Å². The van der Waals surface area contributed by atoms with Crippen LogP contribution in [-0.2, 0) is 14.9 Å². The summed E-state index contributed by atoms with van der Waals surface area (Å²) in [7, 11) is 0. The van der Waals surface area contributed by atoms with Crippen molar-refractivity contribution in [2.24, 2.45) is 0 Å². The van der Waals surface area contributed by atoms with Crippen molar-refractivity contribution in [2.75, 3.05) is 13.2 Å². The third-order valence-electron chi connectivity index (χ3n) is 7.35. The van der Waals surface area contributed by atoms with Crippen LogP contribution in [0.15, 0.2) is 72.9 Å². The summed E-state index contributed by atoms with van der Waals surface area (Å²) < 4.78 is 13.4. The average Bonchev–Trinajstić information content (AvgIpc) is 3.54. The first-order valence-electron chi connectivity index (χ1n) is 12.1. The topological polar surface area (TPSA) is 85.3 Å². The number of aromatic nitrogens is 4. The molecule has 5 aromatic rings. The molecular formula is C29H23N5O2. The molecule has 2 aromatic carbocycles. The van der Waals surface area contributed by atoms with E-state index < -0.39 is 11.2 Å². The number of aryl methyl sites for hydroxylation is 1. The third kappa shape index (κ3) is 3.15. The highest BCUT2D eigenvalue weighted by atomic mass is 16.7. The van der Waals surface area contributed by atoms with Gasteiger partial charge in [-0.15, -0.1) is 0 Å². The average molecular weight is 474 g/mol. The summed E-state index contributed by atoms with van der Waals surface area (Å²) in [6, 6.07) is 25.1. The van der Waals surface area contributed by atoms with Crippen molar-refractivity contribution in [3.05, 3.63) is 84.2 Å². The molecule has 0 N–H and O–H groups in total. The van der Waals surface area contributed by atoms with Gasteiger partial charge in [-0.1, -0.05) is 54.6 Å². The highest BCUT2D eigenvalue weighted by Crippen LogP contribution is 2.54. The zero-order chi connectivity index (χ0) is 24.3. The second-order valence-electron chi connectivity index (χ2n) is 9.71. The van der Waals surface area contributed by atoms with Crippen LogP contribution < -0.4 is 0 Å². The van der Waals surface area contributed by atoms with E-state index in [0.717, 1.165) is 50.3 Å². The molecular weight excluding hydrogens is 450 g/mol. The number of ether oxygens (including phenoxy) is 2. The Kier molecular flexibility index (Phi) is 4.53. The van der Waals surface area contributed by atoms with Gasteiger partial charge in [0.2, 0.25) is 0 Å². The molecule has 1 aliphatic carbocycles. The van der Waals surface area contributed by atoms with Crippen LogP contribution in [0.3, 0.4) is 0 Å². The number of fused-ring (bicyclic) bond motifs is 3. The number of nitriles is 1. The lowest BCUT2D eigenvalue weighted by Gasteiger charge is -2.48. The monoisotopic (exact) mass is 473 g/mol. The van der Waals surface area contributed by atoms with Gasteiger partial charge >= 0.3 is 0 Å². The van der Waals surface area contributed by atoms with E-state index in [2.05, 4.69) is 46.5 Å². The quantitative estimate of drug-likeness (QED) is 0.357. The summed E-state index contributed by atoms with van der Waals surface area (Å²) in [6.07, 6.45) is 2.97. The van der Waals surface area contributed by atoms with E-state index in [9.17, 15) is 5.26 Å². The highest BCUT2D eigenvalue weighted by molar-refractivity contribution is 5.90. The van der Waals surface area contributed by atoms with Gasteiger partial charge in [-0.05, 0) is 24.1 Å². The van der Waals surface area contributed by atoms with Crippen molar-refractivity contribution in [1.29, 1.82) is 5.26 Å². The molecule has 1 aliphatic heterocycles. The summed E-state index contributed by atoms with van der Waals surface area (Å²) in [5.41, 5.74) is 6.75. The maximum atomic E-state index is 10.0. The number of pyridine rings is 1. The smallest absolute Gasteiger partial charge is 0.172 e. The molecule has 176 valence electrons. The van der Waals surface area contributed by atoms with Crippen molar-refractivity contribution >= 4 is 16.7 Å². The van der Waals surface area contributed by atoms with Crippen LogP contribution >= 0.6 is 0 Å². The molecule has 7 heteroatoms. The molecule has 2 fully saturated rings. The summed E-state index contributed by atoms with van der Waals surface area (Å²) in [5, 5.41) is 15.6. The molecule has 1 saturated heterocycles. The molecule has 0 atom stereocenters. The largest absolute Gasteiger partial charge is 0.347 e. The molecule has 7 nitrogen and oxygen atoms in total. The first-order valence-corrected chi connectivity index (χ1v) is 12.1. The van der Waals surface area contributed by atoms with E-state index in [4.69, 9.17) is 14.5 Å². The Balaban J connectivity index is 1.36. The molecule has 36 heavy (non-hydrogen) atoms. The molecule has 1 spiro atoms. The Labute approximate surface area is 208 Å². The molecule has 7 rings (SSSR count). The van der Waals surface area contributed by atoms with Crippen LogP contribution in [0.25, 0.3) is 39.1 Å². The molecule has 0 amide bonds. The number of rotatable bonds is 3. The van der Waals surface area contributed by atoms with Crippen LogP contribution in [0, 0.1) is 18.3 Å². The Morgan fingerprint density at radius 1 is 0.944 bits per heavy atom. The molecule has 0 radical (unpaired) electrons. The van der Waals surface area contributed by atoms with Gasteiger partial charge in [-0.2, -0.15) is 14.9 Å². The fraction of sp³-hybridized carbons (Fsp3) is 0.241. The number of hydrogen-bond donors (Lipinski definition) is 0. The number of nitrogens with zero attached hydrogens (tertiary/aromatic N) is 5. The normalized spacial score (nSPS) is 17.9. The van der Waals surface area contributed by atoms with Crippen LogP contribution in [0.5, 0.6) is 0 Å². The standard InChI is InChI=1S/C29H23N5O2/c1-19-13-25-31-15-22-14-24(20-5-3-2-4-6-20)26(32-27(22)34(25)33-19)21-7-9-23(10-8-21)28(18-30)16-29(17-28)35-11-12-36-29/h2-10,13-15H,11-12,16-17H2,1H3. The summed E-state index contributed by atoms with van der Waals surface area (Å²) >= 11 is 0. The molecule has 2 aliphatic rings. The minimum atomic E-state index is -0.591. The molecule has 4 heterocycles. The SMILES string of the molecule is Cc1cc2ncc3cc(-c4ccccc4)c(-c4ccc(C5(C#N)CC6(C5)OCCO6)cc4)nc3n2n1. The number of benzene rings is 2. The van der Waals surface area contributed by atoms with Gasteiger partial charge in [0.25, 0.3) is 0 Å². The fourth-order valence-electron chi connectivity index (χ4n) is 5.57. The van der Waals surface area contributed by atoms with E-state index >= 15 is 0 Å². The molecule has 0 unspecified atom stereocenters. The van der Waals surface area contributed by atoms with Crippen LogP contribution in [0.2, 0.25) is 0 Å². The van der Waals surface area contributed by atoms with E-state index in [0.29, 0.717) is 26.1 Å². The van der Waals surface area contributed by atoms with Crippen molar-refractivity contribution < 1.29 is 9.47 Å². The Bertz CT molecular complexity index is 1650.